The minimum Gasteiger partial charge on any atom is -0.504 e. The van der Waals surface area contributed by atoms with Gasteiger partial charge in [-0.1, -0.05) is 30.3 Å². The lowest BCUT2D eigenvalue weighted by Crippen LogP contribution is -2.21. The van der Waals surface area contributed by atoms with E-state index in [1.165, 1.54) is 19.4 Å². The molecule has 3 aromatic carbocycles. The summed E-state index contributed by atoms with van der Waals surface area (Å²) < 4.78 is 5.03. The third kappa shape index (κ3) is 4.98. The first-order valence-electron chi connectivity index (χ1n) is 8.74. The van der Waals surface area contributed by atoms with E-state index in [4.69, 9.17) is 4.74 Å². The van der Waals surface area contributed by atoms with Crippen molar-refractivity contribution >= 4 is 23.7 Å². The Morgan fingerprint density at radius 3 is 2.45 bits per heavy atom. The molecule has 0 aromatic heterocycles. The number of hydrazone groups is 1. The van der Waals surface area contributed by atoms with Crippen LogP contribution in [0.4, 0.5) is 5.69 Å². The maximum absolute atomic E-state index is 12.5. The van der Waals surface area contributed by atoms with Gasteiger partial charge in [-0.3, -0.25) is 9.59 Å². The van der Waals surface area contributed by atoms with Crippen molar-refractivity contribution in [2.24, 2.45) is 5.10 Å². The number of para-hydroxylation sites is 1. The lowest BCUT2D eigenvalue weighted by Gasteiger charge is -2.10. The third-order valence-corrected chi connectivity index (χ3v) is 4.04. The van der Waals surface area contributed by atoms with Gasteiger partial charge in [-0.25, -0.2) is 5.43 Å². The minimum absolute atomic E-state index is 0.0109. The number of phenolic OH excluding ortho intramolecular Hbond substituents is 1. The average molecular weight is 389 g/mol. The van der Waals surface area contributed by atoms with Crippen molar-refractivity contribution in [1.82, 2.24) is 5.43 Å². The van der Waals surface area contributed by atoms with Crippen LogP contribution in [0.25, 0.3) is 0 Å². The first kappa shape index (κ1) is 19.6. The molecule has 0 spiro atoms. The molecule has 146 valence electrons. The van der Waals surface area contributed by atoms with Gasteiger partial charge in [0, 0.05) is 5.56 Å². The number of anilines is 1. The van der Waals surface area contributed by atoms with Crippen LogP contribution in [0.1, 0.15) is 26.3 Å². The molecule has 0 saturated carbocycles. The van der Waals surface area contributed by atoms with E-state index in [9.17, 15) is 14.7 Å². The van der Waals surface area contributed by atoms with Gasteiger partial charge in [0.25, 0.3) is 11.8 Å². The summed E-state index contributed by atoms with van der Waals surface area (Å²) in [7, 11) is 1.44. The molecule has 2 amide bonds. The number of methoxy groups -OCH3 is 1. The standard InChI is InChI=1S/C22H19N3O4/c1-29-20-13-15(11-12-19(20)26)14-23-25-22(28)17-9-5-6-10-18(17)24-21(27)16-7-3-2-4-8-16/h2-14,26H,1H3,(H,24,27)(H,25,28). The van der Waals surface area contributed by atoms with Crippen molar-refractivity contribution in [2.45, 2.75) is 0 Å². The third-order valence-electron chi connectivity index (χ3n) is 4.04. The first-order chi connectivity index (χ1) is 14.1. The van der Waals surface area contributed by atoms with E-state index < -0.39 is 5.91 Å². The highest BCUT2D eigenvalue weighted by molar-refractivity contribution is 6.09. The molecular formula is C22H19N3O4. The molecule has 0 saturated heterocycles. The lowest BCUT2D eigenvalue weighted by atomic mass is 10.1. The van der Waals surface area contributed by atoms with Gasteiger partial charge in [0.15, 0.2) is 11.5 Å². The van der Waals surface area contributed by atoms with Crippen LogP contribution in [0.2, 0.25) is 0 Å². The smallest absolute Gasteiger partial charge is 0.273 e. The number of benzene rings is 3. The summed E-state index contributed by atoms with van der Waals surface area (Å²) in [5.74, 6) is -0.479. The molecular weight excluding hydrogens is 370 g/mol. The molecule has 3 N–H and O–H groups in total. The van der Waals surface area contributed by atoms with Gasteiger partial charge >= 0.3 is 0 Å². The summed E-state index contributed by atoms with van der Waals surface area (Å²) in [4.78, 5) is 24.9. The second-order valence-electron chi connectivity index (χ2n) is 6.00. The Morgan fingerprint density at radius 2 is 1.69 bits per heavy atom. The van der Waals surface area contributed by atoms with Crippen LogP contribution in [-0.2, 0) is 0 Å². The SMILES string of the molecule is COc1cc(C=NNC(=O)c2ccccc2NC(=O)c2ccccc2)ccc1O. The largest absolute Gasteiger partial charge is 0.504 e. The zero-order chi connectivity index (χ0) is 20.6. The number of nitrogens with zero attached hydrogens (tertiary/aromatic N) is 1. The highest BCUT2D eigenvalue weighted by Gasteiger charge is 2.13. The highest BCUT2D eigenvalue weighted by Crippen LogP contribution is 2.25. The molecule has 0 radical (unpaired) electrons. The summed E-state index contributed by atoms with van der Waals surface area (Å²) in [6.07, 6.45) is 1.42. The van der Waals surface area contributed by atoms with Crippen LogP contribution in [0.15, 0.2) is 77.9 Å². The summed E-state index contributed by atoms with van der Waals surface area (Å²) in [5.41, 5.74) is 4.20. The molecule has 0 aliphatic heterocycles. The first-order valence-corrected chi connectivity index (χ1v) is 8.74. The van der Waals surface area contributed by atoms with Crippen molar-refractivity contribution in [3.8, 4) is 11.5 Å². The van der Waals surface area contributed by atoms with Gasteiger partial charge in [0.2, 0.25) is 0 Å². The number of carbonyl (C=O) groups excluding carboxylic acids is 2. The number of phenols is 1. The Balaban J connectivity index is 1.71. The monoisotopic (exact) mass is 389 g/mol. The average Bonchev–Trinajstić information content (AvgIpc) is 2.75. The van der Waals surface area contributed by atoms with E-state index in [2.05, 4.69) is 15.8 Å². The number of rotatable bonds is 6. The number of carbonyl (C=O) groups is 2. The fourth-order valence-electron chi connectivity index (χ4n) is 2.57. The second-order valence-corrected chi connectivity index (χ2v) is 6.00. The van der Waals surface area contributed by atoms with Crippen LogP contribution >= 0.6 is 0 Å². The van der Waals surface area contributed by atoms with Gasteiger partial charge in [-0.05, 0) is 48.0 Å². The van der Waals surface area contributed by atoms with Crippen LogP contribution in [0.5, 0.6) is 11.5 Å². The van der Waals surface area contributed by atoms with Crippen molar-refractivity contribution in [3.63, 3.8) is 0 Å². The van der Waals surface area contributed by atoms with Gasteiger partial charge < -0.3 is 15.2 Å². The van der Waals surface area contributed by atoms with E-state index in [0.29, 0.717) is 22.6 Å². The molecule has 3 rings (SSSR count). The molecule has 0 aliphatic carbocycles. The zero-order valence-corrected chi connectivity index (χ0v) is 15.6. The number of aromatic hydroxyl groups is 1. The van der Waals surface area contributed by atoms with Gasteiger partial charge in [-0.15, -0.1) is 0 Å². The van der Waals surface area contributed by atoms with E-state index in [1.54, 1.807) is 60.7 Å². The zero-order valence-electron chi connectivity index (χ0n) is 15.6. The predicted molar refractivity (Wildman–Crippen MR) is 111 cm³/mol. The van der Waals surface area contributed by atoms with Crippen molar-refractivity contribution in [2.75, 3.05) is 12.4 Å². The van der Waals surface area contributed by atoms with Crippen molar-refractivity contribution in [1.29, 1.82) is 0 Å². The number of nitrogens with one attached hydrogen (secondary N) is 2. The molecule has 0 atom stereocenters. The predicted octanol–water partition coefficient (Wildman–Crippen LogP) is 3.42. The Morgan fingerprint density at radius 1 is 0.966 bits per heavy atom. The lowest BCUT2D eigenvalue weighted by molar-refractivity contribution is 0.0956. The maximum atomic E-state index is 12.5. The van der Waals surface area contributed by atoms with Crippen LogP contribution in [0.3, 0.4) is 0 Å². The Labute approximate surface area is 167 Å². The molecule has 0 fully saturated rings. The molecule has 3 aromatic rings. The quantitative estimate of drug-likeness (QED) is 0.444. The van der Waals surface area contributed by atoms with Gasteiger partial charge in [0.05, 0.1) is 24.6 Å². The van der Waals surface area contributed by atoms with E-state index >= 15 is 0 Å². The molecule has 29 heavy (non-hydrogen) atoms. The highest BCUT2D eigenvalue weighted by atomic mass is 16.5. The maximum Gasteiger partial charge on any atom is 0.273 e. The minimum atomic E-state index is -0.476. The molecule has 7 nitrogen and oxygen atoms in total. The van der Waals surface area contributed by atoms with Gasteiger partial charge in [-0.2, -0.15) is 5.10 Å². The summed E-state index contributed by atoms with van der Waals surface area (Å²) >= 11 is 0. The van der Waals surface area contributed by atoms with E-state index in [0.717, 1.165) is 0 Å². The molecule has 0 unspecified atom stereocenters. The van der Waals surface area contributed by atoms with Crippen LogP contribution < -0.4 is 15.5 Å². The molecule has 0 aliphatic rings. The van der Waals surface area contributed by atoms with Crippen molar-refractivity contribution < 1.29 is 19.4 Å². The summed E-state index contributed by atoms with van der Waals surface area (Å²) in [6.45, 7) is 0. The fourth-order valence-corrected chi connectivity index (χ4v) is 2.57. The van der Waals surface area contributed by atoms with Gasteiger partial charge in [0.1, 0.15) is 0 Å². The fraction of sp³-hybridized carbons (Fsp3) is 0.0455. The molecule has 0 heterocycles. The molecule has 7 heteroatoms. The number of amides is 2. The van der Waals surface area contributed by atoms with Crippen molar-refractivity contribution in [3.05, 3.63) is 89.5 Å². The Kier molecular flexibility index (Phi) is 6.22. The van der Waals surface area contributed by atoms with E-state index in [1.807, 2.05) is 6.07 Å². The topological polar surface area (TPSA) is 100 Å². The molecule has 0 bridgehead atoms. The van der Waals surface area contributed by atoms with Crippen LogP contribution in [-0.4, -0.2) is 30.2 Å². The number of hydrogen-bond acceptors (Lipinski definition) is 5. The number of hydrogen-bond donors (Lipinski definition) is 3. The summed E-state index contributed by atoms with van der Waals surface area (Å²) in [5, 5.41) is 16.3. The number of ether oxygens (including phenoxy) is 1. The van der Waals surface area contributed by atoms with E-state index in [-0.39, 0.29) is 17.2 Å². The Bertz CT molecular complexity index is 1050. The Hall–Kier alpha value is -4.13. The summed E-state index contributed by atoms with van der Waals surface area (Å²) in [6, 6.07) is 20.1. The second kappa shape index (κ2) is 9.18. The van der Waals surface area contributed by atoms with Crippen LogP contribution in [0, 0.1) is 0 Å². The normalized spacial score (nSPS) is 10.5.